The molecule has 0 aromatic rings. The van der Waals surface area contributed by atoms with Crippen LogP contribution in [0.4, 0.5) is 0 Å². The third kappa shape index (κ3) is 13.2. The Labute approximate surface area is 152 Å². The molecule has 2 unspecified atom stereocenters. The summed E-state index contributed by atoms with van der Waals surface area (Å²) in [7, 11) is 0. The van der Waals surface area contributed by atoms with Crippen molar-refractivity contribution in [2.75, 3.05) is 26.2 Å². The molecule has 0 aromatic heterocycles. The van der Waals surface area contributed by atoms with Crippen LogP contribution in [0.5, 0.6) is 0 Å². The van der Waals surface area contributed by atoms with Gasteiger partial charge in [-0.05, 0) is 54.4 Å². The molecule has 0 amide bonds. The number of rotatable bonds is 0. The van der Waals surface area contributed by atoms with E-state index in [0.29, 0.717) is 12.1 Å². The number of hydrogen-bond acceptors (Lipinski definition) is 4. The van der Waals surface area contributed by atoms with E-state index >= 15 is 0 Å². The molecule has 0 spiro atoms. The Morgan fingerprint density at radius 2 is 0.957 bits per heavy atom. The van der Waals surface area contributed by atoms with Gasteiger partial charge in [0.25, 0.3) is 0 Å². The van der Waals surface area contributed by atoms with Gasteiger partial charge in [0, 0.05) is 49.3 Å². The molecule has 0 radical (unpaired) electrons. The van der Waals surface area contributed by atoms with Crippen LogP contribution >= 0.6 is 0 Å². The fourth-order valence-corrected chi connectivity index (χ4v) is 3.26. The van der Waals surface area contributed by atoms with Crippen molar-refractivity contribution < 1.29 is 27.4 Å². The molecule has 0 bridgehead atoms. The van der Waals surface area contributed by atoms with E-state index in [0.717, 1.165) is 39.0 Å². The fraction of sp³-hybridized carbons (Fsp3) is 1.00. The van der Waals surface area contributed by atoms with E-state index in [1.807, 2.05) is 0 Å². The van der Waals surface area contributed by atoms with Crippen LogP contribution in [0.15, 0.2) is 0 Å². The summed E-state index contributed by atoms with van der Waals surface area (Å²) in [5.74, 6) is 0. The smallest absolute Gasteiger partial charge is 0.457 e. The Bertz CT molecular complexity index is 263. The zero-order chi connectivity index (χ0) is 15.2. The van der Waals surface area contributed by atoms with Crippen LogP contribution in [-0.4, -0.2) is 49.3 Å². The third-order valence-corrected chi connectivity index (χ3v) is 4.08. The summed E-state index contributed by atoms with van der Waals surface area (Å²) in [6.45, 7) is 17.8. The summed E-state index contributed by atoms with van der Waals surface area (Å²) in [5, 5.41) is 14.6. The molecule has 7 heteroatoms. The van der Waals surface area contributed by atoms with Gasteiger partial charge in [-0.25, -0.2) is 0 Å². The molecule has 144 valence electrons. The van der Waals surface area contributed by atoms with Gasteiger partial charge in [-0.1, -0.05) is 0 Å². The summed E-state index contributed by atoms with van der Waals surface area (Å²) in [5.41, 5.74) is 0.377. The van der Waals surface area contributed by atoms with Gasteiger partial charge < -0.3 is 32.2 Å². The Morgan fingerprint density at radius 1 is 0.652 bits per heavy atom. The van der Waals surface area contributed by atoms with Crippen LogP contribution in [-0.2, 0) is 27.4 Å². The first-order chi connectivity index (χ1) is 9.20. The topological polar surface area (TPSA) is 114 Å². The maximum Gasteiger partial charge on any atom is 2.00 e. The van der Waals surface area contributed by atoms with E-state index in [-0.39, 0.29) is 38.5 Å². The molecule has 6 nitrogen and oxygen atoms in total. The van der Waals surface area contributed by atoms with E-state index in [4.69, 9.17) is 0 Å². The van der Waals surface area contributed by atoms with Gasteiger partial charge in [0.1, 0.15) is 0 Å². The molecule has 1 heterocycles. The van der Waals surface area contributed by atoms with Crippen LogP contribution in [0.1, 0.15) is 54.4 Å². The van der Waals surface area contributed by atoms with Crippen LogP contribution in [0, 0.1) is 0 Å². The minimum Gasteiger partial charge on any atom is -0.457 e. The van der Waals surface area contributed by atoms with Gasteiger partial charge in [-0.15, -0.1) is 0 Å². The second-order valence-corrected chi connectivity index (χ2v) is 7.74. The van der Waals surface area contributed by atoms with Gasteiger partial charge in [-0.3, -0.25) is 0 Å². The fourth-order valence-electron chi connectivity index (χ4n) is 3.26. The molecule has 1 aliphatic heterocycles. The Kier molecular flexibility index (Phi) is 15.4. The first kappa shape index (κ1) is 28.1. The molecule has 1 saturated heterocycles. The van der Waals surface area contributed by atoms with Gasteiger partial charge >= 0.3 is 16.5 Å². The molecule has 0 saturated carbocycles. The van der Waals surface area contributed by atoms with E-state index in [9.17, 15) is 0 Å². The molecular weight excluding hydrogens is 339 g/mol. The molecule has 2 atom stereocenters. The predicted molar refractivity (Wildman–Crippen MR) is 98.1 cm³/mol. The Balaban J connectivity index is -0.00000133. The maximum absolute atomic E-state index is 3.67. The van der Waals surface area contributed by atoms with E-state index < -0.39 is 0 Å². The third-order valence-electron chi connectivity index (χ3n) is 4.08. The van der Waals surface area contributed by atoms with Crippen LogP contribution < -0.4 is 21.3 Å². The first-order valence-electron chi connectivity index (χ1n) is 8.17. The SMILES string of the molecule is CC1CC(C)(C)NCCNC(C)CC(C)(C)NCCN1.[Ni+2].[OH3+].[OH3+]. The van der Waals surface area contributed by atoms with Crippen molar-refractivity contribution in [2.24, 2.45) is 0 Å². The van der Waals surface area contributed by atoms with Crippen molar-refractivity contribution in [3.8, 4) is 0 Å². The van der Waals surface area contributed by atoms with E-state index in [1.54, 1.807) is 0 Å². The molecule has 0 aromatic carbocycles. The Hall–Kier alpha value is 0.254. The summed E-state index contributed by atoms with van der Waals surface area (Å²) < 4.78 is 0. The van der Waals surface area contributed by atoms with Gasteiger partial charge in [0.2, 0.25) is 0 Å². The maximum atomic E-state index is 3.67. The zero-order valence-electron chi connectivity index (χ0n) is 15.9. The quantitative estimate of drug-likeness (QED) is 0.339. The number of nitrogens with one attached hydrogen (secondary N) is 4. The van der Waals surface area contributed by atoms with E-state index in [2.05, 4.69) is 62.8 Å². The van der Waals surface area contributed by atoms with Gasteiger partial charge in [0.05, 0.1) is 0 Å². The predicted octanol–water partition coefficient (Wildman–Crippen LogP) is -0.373. The second-order valence-electron chi connectivity index (χ2n) is 7.74. The average molecular weight is 381 g/mol. The second kappa shape index (κ2) is 12.6. The summed E-state index contributed by atoms with van der Waals surface area (Å²) in [6, 6.07) is 1.08. The van der Waals surface area contributed by atoms with Crippen molar-refractivity contribution in [1.82, 2.24) is 21.3 Å². The molecule has 23 heavy (non-hydrogen) atoms. The minimum absolute atomic E-state index is 0. The largest absolute Gasteiger partial charge is 2.00 e. The zero-order valence-corrected chi connectivity index (χ0v) is 16.9. The van der Waals surface area contributed by atoms with Crippen LogP contribution in [0.25, 0.3) is 0 Å². The normalized spacial score (nSPS) is 29.0. The monoisotopic (exact) mass is 380 g/mol. The van der Waals surface area contributed by atoms with Crippen molar-refractivity contribution >= 4 is 0 Å². The summed E-state index contributed by atoms with van der Waals surface area (Å²) in [6.07, 6.45) is 2.29. The molecule has 1 fully saturated rings. The number of hydrogen-bond donors (Lipinski definition) is 4. The van der Waals surface area contributed by atoms with Crippen molar-refractivity contribution in [2.45, 2.75) is 77.5 Å². The summed E-state index contributed by atoms with van der Waals surface area (Å²) >= 11 is 0. The molecule has 1 rings (SSSR count). The minimum atomic E-state index is 0. The van der Waals surface area contributed by atoms with Crippen molar-refractivity contribution in [3.05, 3.63) is 0 Å². The molecular formula is C16H42N4NiO2+4. The average Bonchev–Trinajstić information content (AvgIpc) is 2.28. The van der Waals surface area contributed by atoms with Gasteiger partial charge in [0.15, 0.2) is 0 Å². The van der Waals surface area contributed by atoms with E-state index in [1.165, 1.54) is 0 Å². The van der Waals surface area contributed by atoms with Gasteiger partial charge in [-0.2, -0.15) is 0 Å². The standard InChI is InChI=1S/C16H36N4.Ni.2H2O/c1-13-11-15(3,4)19-10-8-18-14(2)12-16(5,6)20-9-7-17-13;;;/h13-14,17-20H,7-12H2,1-6H3;;2*1H2/q;+2;;/p+2. The Morgan fingerprint density at radius 3 is 1.26 bits per heavy atom. The van der Waals surface area contributed by atoms with Crippen LogP contribution in [0.2, 0.25) is 0 Å². The molecule has 1 aliphatic rings. The van der Waals surface area contributed by atoms with Crippen molar-refractivity contribution in [3.63, 3.8) is 0 Å². The van der Waals surface area contributed by atoms with Crippen LogP contribution in [0.3, 0.4) is 0 Å². The molecule has 0 aliphatic carbocycles. The first-order valence-corrected chi connectivity index (χ1v) is 8.17. The molecule has 10 N–H and O–H groups in total. The van der Waals surface area contributed by atoms with Crippen molar-refractivity contribution in [1.29, 1.82) is 0 Å². The summed E-state index contributed by atoms with van der Waals surface area (Å²) in [4.78, 5) is 0.